The minimum Gasteiger partial charge on any atom is -0.480 e. The van der Waals surface area contributed by atoms with E-state index in [1.165, 1.54) is 6.92 Å². The van der Waals surface area contributed by atoms with Gasteiger partial charge in [0, 0.05) is 11.3 Å². The van der Waals surface area contributed by atoms with Crippen LogP contribution in [-0.2, 0) is 14.6 Å². The Morgan fingerprint density at radius 2 is 1.84 bits per heavy atom. The minimum absolute atomic E-state index is 0.00953. The lowest BCUT2D eigenvalue weighted by molar-refractivity contribution is -0.137. The second-order valence-electron chi connectivity index (χ2n) is 5.73. The van der Waals surface area contributed by atoms with Crippen molar-refractivity contribution in [2.45, 2.75) is 26.3 Å². The Bertz CT molecular complexity index is 818. The molecule has 2 N–H and O–H groups in total. The maximum absolute atomic E-state index is 11.6. The molecule has 0 aliphatic rings. The zero-order chi connectivity index (χ0) is 18.4. The van der Waals surface area contributed by atoms with Crippen LogP contribution in [0.25, 0.3) is 11.3 Å². The number of nitrogens with one attached hydrogen (secondary N) is 1. The van der Waals surface area contributed by atoms with Crippen LogP contribution in [0.5, 0.6) is 0 Å². The Hall–Kier alpha value is -2.48. The van der Waals surface area contributed by atoms with Gasteiger partial charge in [-0.3, -0.25) is 0 Å². The first-order valence-corrected chi connectivity index (χ1v) is 9.73. The summed E-state index contributed by atoms with van der Waals surface area (Å²) in [6.07, 6.45) is -0.0348. The Morgan fingerprint density at radius 3 is 2.36 bits per heavy atom. The van der Waals surface area contributed by atoms with Gasteiger partial charge in [0.05, 0.1) is 11.4 Å². The summed E-state index contributed by atoms with van der Waals surface area (Å²) in [5, 5.41) is 20.1. The Kier molecular flexibility index (Phi) is 6.08. The third-order valence-electron chi connectivity index (χ3n) is 3.79. The van der Waals surface area contributed by atoms with Crippen molar-refractivity contribution in [3.63, 3.8) is 0 Å². The molecule has 0 aliphatic heterocycles. The molecule has 0 radical (unpaired) electrons. The second-order valence-corrected chi connectivity index (χ2v) is 8.20. The normalized spacial score (nSPS) is 12.6. The molecule has 0 saturated carbocycles. The van der Waals surface area contributed by atoms with Crippen molar-refractivity contribution in [3.05, 3.63) is 42.0 Å². The van der Waals surface area contributed by atoms with Crippen LogP contribution in [0, 0.1) is 6.92 Å². The summed E-state index contributed by atoms with van der Waals surface area (Å²) in [7, 11) is -3.23. The van der Waals surface area contributed by atoms with E-state index < -0.39 is 21.8 Å². The molecule has 1 heterocycles. The molecule has 1 atom stereocenters. The van der Waals surface area contributed by atoms with Crippen LogP contribution < -0.4 is 5.32 Å². The lowest BCUT2D eigenvalue weighted by atomic mass is 10.1. The largest absolute Gasteiger partial charge is 0.480 e. The number of nitrogens with zero attached hydrogens (tertiary/aromatic N) is 2. The topological polar surface area (TPSA) is 109 Å². The van der Waals surface area contributed by atoms with Crippen molar-refractivity contribution >= 4 is 21.6 Å². The predicted octanol–water partition coefficient (Wildman–Crippen LogP) is 2.14. The number of benzene rings is 1. The van der Waals surface area contributed by atoms with E-state index in [1.54, 1.807) is 12.1 Å². The predicted molar refractivity (Wildman–Crippen MR) is 96.2 cm³/mol. The number of rotatable bonds is 8. The van der Waals surface area contributed by atoms with E-state index in [-0.39, 0.29) is 23.7 Å². The minimum atomic E-state index is -3.23. The first-order chi connectivity index (χ1) is 11.8. The van der Waals surface area contributed by atoms with E-state index in [9.17, 15) is 18.3 Å². The summed E-state index contributed by atoms with van der Waals surface area (Å²) in [4.78, 5) is 11.3. The number of anilines is 1. The summed E-state index contributed by atoms with van der Waals surface area (Å²) < 4.78 is 23.1. The fraction of sp³-hybridized carbons (Fsp3) is 0.353. The first kappa shape index (κ1) is 18.9. The molecule has 25 heavy (non-hydrogen) atoms. The molecule has 2 rings (SSSR count). The smallest absolute Gasteiger partial charge is 0.326 e. The summed E-state index contributed by atoms with van der Waals surface area (Å²) in [5.41, 5.74) is 2.72. The number of aryl methyl sites for hydroxylation is 1. The van der Waals surface area contributed by atoms with E-state index in [2.05, 4.69) is 15.5 Å². The van der Waals surface area contributed by atoms with Crippen molar-refractivity contribution in [3.8, 4) is 11.3 Å². The molecule has 0 amide bonds. The van der Waals surface area contributed by atoms with Crippen molar-refractivity contribution < 1.29 is 18.3 Å². The maximum atomic E-state index is 11.6. The number of carboxylic acids is 1. The van der Waals surface area contributed by atoms with Crippen LogP contribution in [0.2, 0.25) is 0 Å². The van der Waals surface area contributed by atoms with Gasteiger partial charge < -0.3 is 10.4 Å². The van der Waals surface area contributed by atoms with Crippen LogP contribution in [-0.4, -0.2) is 47.2 Å². The highest BCUT2D eigenvalue weighted by molar-refractivity contribution is 7.91. The number of carboxylic acid groups (broad SMARTS) is 1. The molecule has 0 fully saturated rings. The van der Waals surface area contributed by atoms with Gasteiger partial charge in [0.25, 0.3) is 0 Å². The Balaban J connectivity index is 2.07. The molecule has 2 aromatic rings. The second kappa shape index (κ2) is 8.06. The van der Waals surface area contributed by atoms with Crippen molar-refractivity contribution in [2.75, 3.05) is 16.8 Å². The van der Waals surface area contributed by atoms with Crippen LogP contribution in [0.3, 0.4) is 0 Å². The lowest BCUT2D eigenvalue weighted by Crippen LogP contribution is -2.32. The number of aliphatic carboxylic acids is 1. The molecule has 0 bridgehead atoms. The Morgan fingerprint density at radius 1 is 1.16 bits per heavy atom. The number of aromatic nitrogens is 2. The first-order valence-electron chi connectivity index (χ1n) is 7.91. The standard InChI is InChI=1S/C17H21N3O4S/c1-3-25(23,24)11-10-15(17(21)22)18-16-9-8-14(19-20-16)13-6-4-12(2)5-7-13/h4-9,15H,3,10-11H2,1-2H3,(H,18,20)(H,21,22). The summed E-state index contributed by atoms with van der Waals surface area (Å²) in [6.45, 7) is 3.53. The van der Waals surface area contributed by atoms with Gasteiger partial charge in [0.1, 0.15) is 21.7 Å². The lowest BCUT2D eigenvalue weighted by Gasteiger charge is -2.14. The summed E-state index contributed by atoms with van der Waals surface area (Å²) in [5.74, 6) is -1.04. The molecule has 8 heteroatoms. The molecule has 0 aliphatic carbocycles. The van der Waals surface area contributed by atoms with E-state index in [0.717, 1.165) is 11.1 Å². The monoisotopic (exact) mass is 363 g/mol. The number of hydrogen-bond acceptors (Lipinski definition) is 6. The molecule has 7 nitrogen and oxygen atoms in total. The van der Waals surface area contributed by atoms with Gasteiger partial charge in [-0.05, 0) is 25.5 Å². The molecular formula is C17H21N3O4S. The zero-order valence-corrected chi connectivity index (χ0v) is 15.0. The molecule has 1 aromatic heterocycles. The summed E-state index contributed by atoms with van der Waals surface area (Å²) in [6, 6.07) is 10.1. The van der Waals surface area contributed by atoms with Gasteiger partial charge in [-0.2, -0.15) is 0 Å². The van der Waals surface area contributed by atoms with Gasteiger partial charge in [-0.15, -0.1) is 10.2 Å². The van der Waals surface area contributed by atoms with E-state index in [0.29, 0.717) is 5.69 Å². The van der Waals surface area contributed by atoms with E-state index in [1.807, 2.05) is 31.2 Å². The highest BCUT2D eigenvalue weighted by atomic mass is 32.2. The van der Waals surface area contributed by atoms with Crippen molar-refractivity contribution in [1.29, 1.82) is 0 Å². The number of hydrogen-bond donors (Lipinski definition) is 2. The van der Waals surface area contributed by atoms with E-state index >= 15 is 0 Å². The Labute approximate surface area is 147 Å². The molecule has 1 unspecified atom stereocenters. The van der Waals surface area contributed by atoms with Crippen molar-refractivity contribution in [1.82, 2.24) is 10.2 Å². The van der Waals surface area contributed by atoms with Crippen LogP contribution >= 0.6 is 0 Å². The fourth-order valence-electron chi connectivity index (χ4n) is 2.17. The summed E-state index contributed by atoms with van der Waals surface area (Å²) >= 11 is 0. The molecule has 0 spiro atoms. The van der Waals surface area contributed by atoms with Crippen LogP contribution in [0.1, 0.15) is 18.9 Å². The molecule has 1 aromatic carbocycles. The van der Waals surface area contributed by atoms with Crippen LogP contribution in [0.4, 0.5) is 5.82 Å². The van der Waals surface area contributed by atoms with Crippen molar-refractivity contribution in [2.24, 2.45) is 0 Å². The van der Waals surface area contributed by atoms with Gasteiger partial charge in [0.15, 0.2) is 0 Å². The van der Waals surface area contributed by atoms with Crippen LogP contribution in [0.15, 0.2) is 36.4 Å². The van der Waals surface area contributed by atoms with Gasteiger partial charge in [-0.1, -0.05) is 36.8 Å². The zero-order valence-electron chi connectivity index (χ0n) is 14.1. The van der Waals surface area contributed by atoms with Gasteiger partial charge in [0.2, 0.25) is 0 Å². The fourth-order valence-corrected chi connectivity index (χ4v) is 3.05. The third-order valence-corrected chi connectivity index (χ3v) is 5.53. The third kappa shape index (κ3) is 5.53. The average Bonchev–Trinajstić information content (AvgIpc) is 2.59. The highest BCUT2D eigenvalue weighted by Gasteiger charge is 2.21. The molecule has 134 valence electrons. The maximum Gasteiger partial charge on any atom is 0.326 e. The van der Waals surface area contributed by atoms with Gasteiger partial charge >= 0.3 is 5.97 Å². The quantitative estimate of drug-likeness (QED) is 0.739. The highest BCUT2D eigenvalue weighted by Crippen LogP contribution is 2.18. The number of sulfone groups is 1. The van der Waals surface area contributed by atoms with E-state index in [4.69, 9.17) is 0 Å². The molecular weight excluding hydrogens is 342 g/mol. The van der Waals surface area contributed by atoms with Gasteiger partial charge in [-0.25, -0.2) is 13.2 Å². The number of carbonyl (C=O) groups is 1. The SMILES string of the molecule is CCS(=O)(=O)CCC(Nc1ccc(-c2ccc(C)cc2)nn1)C(=O)O. The molecule has 0 saturated heterocycles. The average molecular weight is 363 g/mol.